The molecule has 1 aliphatic heterocycles. The maximum atomic E-state index is 6.06. The highest BCUT2D eigenvalue weighted by molar-refractivity contribution is 9.10. The summed E-state index contributed by atoms with van der Waals surface area (Å²) in [5.41, 5.74) is 6.89. The van der Waals surface area contributed by atoms with Gasteiger partial charge in [0.2, 0.25) is 0 Å². The monoisotopic (exact) mass is 255 g/mol. The molecule has 14 heavy (non-hydrogen) atoms. The lowest BCUT2D eigenvalue weighted by molar-refractivity contribution is 0.00800. The molecule has 0 saturated carbocycles. The van der Waals surface area contributed by atoms with Crippen LogP contribution in [0.2, 0.25) is 0 Å². The molecule has 2 atom stereocenters. The van der Waals surface area contributed by atoms with Crippen molar-refractivity contribution in [3.8, 4) is 0 Å². The fourth-order valence-electron chi connectivity index (χ4n) is 1.88. The molecule has 2 N–H and O–H groups in total. The molecule has 2 unspecified atom stereocenters. The molecule has 0 amide bonds. The summed E-state index contributed by atoms with van der Waals surface area (Å²) in [5.74, 6) is 0. The van der Waals surface area contributed by atoms with Crippen molar-refractivity contribution in [2.75, 3.05) is 6.61 Å². The molecule has 0 aromatic heterocycles. The van der Waals surface area contributed by atoms with Crippen molar-refractivity contribution >= 4 is 15.9 Å². The predicted molar refractivity (Wildman–Crippen MR) is 60.0 cm³/mol. The number of halogens is 1. The molecule has 1 aliphatic rings. The van der Waals surface area contributed by atoms with E-state index in [1.54, 1.807) is 0 Å². The van der Waals surface area contributed by atoms with Crippen LogP contribution in [-0.2, 0) is 10.3 Å². The number of hydrogen-bond acceptors (Lipinski definition) is 2. The third kappa shape index (κ3) is 1.60. The van der Waals surface area contributed by atoms with Gasteiger partial charge in [-0.05, 0) is 31.0 Å². The summed E-state index contributed by atoms with van der Waals surface area (Å²) in [4.78, 5) is 0. The highest BCUT2D eigenvalue weighted by Gasteiger charge is 2.39. The van der Waals surface area contributed by atoms with Crippen LogP contribution in [0.4, 0.5) is 0 Å². The Bertz CT molecular complexity index is 342. The zero-order valence-corrected chi connectivity index (χ0v) is 9.75. The minimum Gasteiger partial charge on any atom is -0.369 e. The molecule has 1 saturated heterocycles. The second kappa shape index (κ2) is 3.65. The Hall–Kier alpha value is -0.380. The van der Waals surface area contributed by atoms with E-state index in [-0.39, 0.29) is 11.6 Å². The van der Waals surface area contributed by atoms with Crippen molar-refractivity contribution in [2.45, 2.75) is 25.0 Å². The number of nitrogens with two attached hydrogens (primary N) is 1. The van der Waals surface area contributed by atoms with E-state index in [9.17, 15) is 0 Å². The van der Waals surface area contributed by atoms with Gasteiger partial charge in [0, 0.05) is 17.1 Å². The van der Waals surface area contributed by atoms with Crippen molar-refractivity contribution in [3.05, 3.63) is 34.3 Å². The van der Waals surface area contributed by atoms with Crippen LogP contribution < -0.4 is 5.73 Å². The van der Waals surface area contributed by atoms with Crippen molar-refractivity contribution in [1.29, 1.82) is 0 Å². The first kappa shape index (κ1) is 10.1. The Morgan fingerprint density at radius 2 is 2.36 bits per heavy atom. The molecular weight excluding hydrogens is 242 g/mol. The van der Waals surface area contributed by atoms with Crippen LogP contribution in [0.15, 0.2) is 28.7 Å². The molecule has 1 aromatic carbocycles. The minimum absolute atomic E-state index is 0.0943. The standard InChI is InChI=1S/C11H14BrNO/c1-11(10(13)5-6-14-11)8-3-2-4-9(12)7-8/h2-4,7,10H,5-6,13H2,1H3. The molecule has 2 nitrogen and oxygen atoms in total. The first-order chi connectivity index (χ1) is 6.63. The Balaban J connectivity index is 2.38. The van der Waals surface area contributed by atoms with Crippen LogP contribution in [0.3, 0.4) is 0 Å². The zero-order valence-electron chi connectivity index (χ0n) is 8.16. The van der Waals surface area contributed by atoms with Crippen molar-refractivity contribution in [2.24, 2.45) is 5.73 Å². The third-order valence-electron chi connectivity index (χ3n) is 2.94. The largest absolute Gasteiger partial charge is 0.369 e. The molecule has 0 aliphatic carbocycles. The molecule has 0 spiro atoms. The topological polar surface area (TPSA) is 35.2 Å². The fourth-order valence-corrected chi connectivity index (χ4v) is 2.27. The highest BCUT2D eigenvalue weighted by atomic mass is 79.9. The first-order valence-corrected chi connectivity index (χ1v) is 5.58. The summed E-state index contributed by atoms with van der Waals surface area (Å²) in [7, 11) is 0. The van der Waals surface area contributed by atoms with Gasteiger partial charge in [-0.1, -0.05) is 28.1 Å². The molecule has 3 heteroatoms. The average molecular weight is 256 g/mol. The Morgan fingerprint density at radius 3 is 2.93 bits per heavy atom. The van der Waals surface area contributed by atoms with Gasteiger partial charge in [-0.15, -0.1) is 0 Å². The summed E-state index contributed by atoms with van der Waals surface area (Å²) in [6.07, 6.45) is 0.934. The van der Waals surface area contributed by atoms with E-state index in [4.69, 9.17) is 10.5 Å². The first-order valence-electron chi connectivity index (χ1n) is 4.78. The predicted octanol–water partition coefficient (Wildman–Crippen LogP) is 2.41. The summed E-state index contributed by atoms with van der Waals surface area (Å²) >= 11 is 3.46. The maximum absolute atomic E-state index is 6.06. The van der Waals surface area contributed by atoms with E-state index in [1.807, 2.05) is 12.1 Å². The number of rotatable bonds is 1. The number of benzene rings is 1. The van der Waals surface area contributed by atoms with Gasteiger partial charge in [0.1, 0.15) is 5.60 Å². The van der Waals surface area contributed by atoms with Crippen molar-refractivity contribution in [1.82, 2.24) is 0 Å². The SMILES string of the molecule is CC1(c2cccc(Br)c2)OCCC1N. The lowest BCUT2D eigenvalue weighted by atomic mass is 9.89. The van der Waals surface area contributed by atoms with Crippen LogP contribution in [0, 0.1) is 0 Å². The van der Waals surface area contributed by atoms with Gasteiger partial charge in [0.05, 0.1) is 0 Å². The molecular formula is C11H14BrNO. The van der Waals surface area contributed by atoms with Crippen molar-refractivity contribution in [3.63, 3.8) is 0 Å². The molecule has 1 heterocycles. The quantitative estimate of drug-likeness (QED) is 0.837. The van der Waals surface area contributed by atoms with Crippen LogP contribution >= 0.6 is 15.9 Å². The van der Waals surface area contributed by atoms with E-state index in [0.717, 1.165) is 23.1 Å². The average Bonchev–Trinajstić information content (AvgIpc) is 2.49. The normalized spacial score (nSPS) is 32.1. The van der Waals surface area contributed by atoms with E-state index in [0.29, 0.717) is 0 Å². The number of ether oxygens (including phenoxy) is 1. The van der Waals surface area contributed by atoms with E-state index in [2.05, 4.69) is 35.0 Å². The van der Waals surface area contributed by atoms with Crippen LogP contribution in [0.1, 0.15) is 18.9 Å². The Kier molecular flexibility index (Phi) is 2.64. The molecule has 0 radical (unpaired) electrons. The van der Waals surface area contributed by atoms with E-state index in [1.165, 1.54) is 0 Å². The summed E-state index contributed by atoms with van der Waals surface area (Å²) in [6, 6.07) is 8.25. The molecule has 1 aromatic rings. The highest BCUT2D eigenvalue weighted by Crippen LogP contribution is 2.35. The summed E-state index contributed by atoms with van der Waals surface area (Å²) < 4.78 is 6.82. The van der Waals surface area contributed by atoms with Gasteiger partial charge in [-0.2, -0.15) is 0 Å². The van der Waals surface area contributed by atoms with Gasteiger partial charge in [0.25, 0.3) is 0 Å². The molecule has 0 bridgehead atoms. The zero-order chi connectivity index (χ0) is 10.2. The molecule has 1 fully saturated rings. The lowest BCUT2D eigenvalue weighted by Crippen LogP contribution is -2.39. The lowest BCUT2D eigenvalue weighted by Gasteiger charge is -2.28. The second-order valence-corrected chi connectivity index (χ2v) is 4.78. The molecule has 76 valence electrons. The number of hydrogen-bond donors (Lipinski definition) is 1. The second-order valence-electron chi connectivity index (χ2n) is 3.86. The molecule has 2 rings (SSSR count). The van der Waals surface area contributed by atoms with Gasteiger partial charge in [0.15, 0.2) is 0 Å². The summed E-state index contributed by atoms with van der Waals surface area (Å²) in [6.45, 7) is 2.82. The van der Waals surface area contributed by atoms with Crippen LogP contribution in [0.5, 0.6) is 0 Å². The summed E-state index contributed by atoms with van der Waals surface area (Å²) in [5, 5.41) is 0. The van der Waals surface area contributed by atoms with E-state index < -0.39 is 0 Å². The van der Waals surface area contributed by atoms with E-state index >= 15 is 0 Å². The smallest absolute Gasteiger partial charge is 0.105 e. The minimum atomic E-state index is -0.316. The van der Waals surface area contributed by atoms with Crippen LogP contribution in [-0.4, -0.2) is 12.6 Å². The Labute approximate surface area is 92.6 Å². The van der Waals surface area contributed by atoms with Gasteiger partial charge in [-0.3, -0.25) is 0 Å². The maximum Gasteiger partial charge on any atom is 0.105 e. The third-order valence-corrected chi connectivity index (χ3v) is 3.43. The van der Waals surface area contributed by atoms with Crippen molar-refractivity contribution < 1.29 is 4.74 Å². The Morgan fingerprint density at radius 1 is 1.57 bits per heavy atom. The van der Waals surface area contributed by atoms with Gasteiger partial charge < -0.3 is 10.5 Å². The van der Waals surface area contributed by atoms with Crippen LogP contribution in [0.25, 0.3) is 0 Å². The van der Waals surface area contributed by atoms with Gasteiger partial charge in [-0.25, -0.2) is 0 Å². The fraction of sp³-hybridized carbons (Fsp3) is 0.455. The van der Waals surface area contributed by atoms with Gasteiger partial charge >= 0.3 is 0 Å².